The van der Waals surface area contributed by atoms with Crippen LogP contribution in [0.15, 0.2) is 41.3 Å². The van der Waals surface area contributed by atoms with Crippen LogP contribution in [0.4, 0.5) is 0 Å². The van der Waals surface area contributed by atoms with Crippen LogP contribution in [0.25, 0.3) is 11.4 Å². The van der Waals surface area contributed by atoms with Gasteiger partial charge in [0.2, 0.25) is 0 Å². The highest BCUT2D eigenvalue weighted by Gasteiger charge is 2.34. The highest BCUT2D eigenvalue weighted by atomic mass is 35.5. The molecule has 2 atom stereocenters. The van der Waals surface area contributed by atoms with Crippen LogP contribution < -0.4 is 4.74 Å². The van der Waals surface area contributed by atoms with Crippen molar-refractivity contribution < 1.29 is 14.6 Å². The molecule has 3 aromatic rings. The number of halogens is 2. The Morgan fingerprint density at radius 1 is 1.23 bits per heavy atom. The molecule has 2 aromatic carbocycles. The van der Waals surface area contributed by atoms with E-state index in [2.05, 4.69) is 15.4 Å². The molecule has 0 spiro atoms. The first kappa shape index (κ1) is 22.4. The van der Waals surface area contributed by atoms with Gasteiger partial charge in [-0.2, -0.15) is 4.37 Å². The summed E-state index contributed by atoms with van der Waals surface area (Å²) in [4.78, 5) is 17.1. The molecule has 1 aromatic heterocycles. The summed E-state index contributed by atoms with van der Waals surface area (Å²) in [5.41, 5.74) is 1.83. The van der Waals surface area contributed by atoms with Gasteiger partial charge in [-0.05, 0) is 79.7 Å². The maximum absolute atomic E-state index is 11.4. The van der Waals surface area contributed by atoms with E-state index >= 15 is 0 Å². The van der Waals surface area contributed by atoms with Crippen molar-refractivity contribution in [1.29, 1.82) is 0 Å². The molecule has 0 amide bonds. The van der Waals surface area contributed by atoms with E-state index in [0.717, 1.165) is 39.6 Å². The lowest BCUT2D eigenvalue weighted by Crippen LogP contribution is -2.28. The minimum Gasteiger partial charge on any atom is -0.489 e. The molecule has 5 nitrogen and oxygen atoms in total. The van der Waals surface area contributed by atoms with Crippen LogP contribution in [0.1, 0.15) is 29.8 Å². The van der Waals surface area contributed by atoms with Crippen LogP contribution in [-0.2, 0) is 10.5 Å². The number of aromatic nitrogens is 2. The Kier molecular flexibility index (Phi) is 7.06. The molecule has 1 heterocycles. The predicted molar refractivity (Wildman–Crippen MR) is 125 cm³/mol. The summed E-state index contributed by atoms with van der Waals surface area (Å²) in [5, 5.41) is 11.3. The third-order valence-electron chi connectivity index (χ3n) is 5.20. The Morgan fingerprint density at radius 2 is 2.06 bits per heavy atom. The largest absolute Gasteiger partial charge is 0.489 e. The molecular weight excluding hydrogens is 475 g/mol. The fraction of sp³-hybridized carbons (Fsp3) is 0.318. The van der Waals surface area contributed by atoms with Crippen LogP contribution in [0.5, 0.6) is 5.75 Å². The number of aliphatic carboxylic acids is 1. The number of benzene rings is 2. The van der Waals surface area contributed by atoms with Gasteiger partial charge >= 0.3 is 5.97 Å². The van der Waals surface area contributed by atoms with Gasteiger partial charge in [0.1, 0.15) is 16.9 Å². The Balaban J connectivity index is 1.38. The SMILES string of the molecule is Cc1cc(SCc2nc(-c3ccc(Cl)c(Cl)c3)ns2)ccc1OC1CCCC1C(=O)O. The van der Waals surface area contributed by atoms with Gasteiger partial charge in [0, 0.05) is 10.5 Å². The highest BCUT2D eigenvalue weighted by Crippen LogP contribution is 2.34. The van der Waals surface area contributed by atoms with Gasteiger partial charge in [0.15, 0.2) is 5.82 Å². The number of aryl methyl sites for hydroxylation is 1. The Bertz CT molecular complexity index is 1110. The van der Waals surface area contributed by atoms with Crippen LogP contribution >= 0.6 is 46.5 Å². The summed E-state index contributed by atoms with van der Waals surface area (Å²) < 4.78 is 10.5. The lowest BCUT2D eigenvalue weighted by molar-refractivity contribution is -0.144. The Morgan fingerprint density at radius 3 is 2.81 bits per heavy atom. The van der Waals surface area contributed by atoms with Gasteiger partial charge in [0.25, 0.3) is 0 Å². The maximum atomic E-state index is 11.4. The number of hydrogen-bond acceptors (Lipinski definition) is 6. The van der Waals surface area contributed by atoms with Crippen molar-refractivity contribution in [2.24, 2.45) is 5.92 Å². The molecule has 9 heteroatoms. The van der Waals surface area contributed by atoms with Crippen molar-refractivity contribution >= 4 is 52.5 Å². The number of rotatable bonds is 7. The van der Waals surface area contributed by atoms with E-state index in [-0.39, 0.29) is 6.10 Å². The van der Waals surface area contributed by atoms with Crippen molar-refractivity contribution in [2.45, 2.75) is 42.9 Å². The summed E-state index contributed by atoms with van der Waals surface area (Å²) in [6.07, 6.45) is 2.10. The molecule has 0 radical (unpaired) electrons. The third kappa shape index (κ3) is 5.34. The van der Waals surface area contributed by atoms with Crippen LogP contribution in [0.2, 0.25) is 10.0 Å². The van der Waals surface area contributed by atoms with E-state index < -0.39 is 11.9 Å². The lowest BCUT2D eigenvalue weighted by Gasteiger charge is -2.19. The molecule has 1 aliphatic rings. The summed E-state index contributed by atoms with van der Waals surface area (Å²) in [5.74, 6) is 0.895. The fourth-order valence-corrected chi connectivity index (χ4v) is 5.50. The number of nitrogens with zero attached hydrogens (tertiary/aromatic N) is 2. The number of ether oxygens (including phenoxy) is 1. The van der Waals surface area contributed by atoms with E-state index in [0.29, 0.717) is 28.0 Å². The smallest absolute Gasteiger partial charge is 0.310 e. The van der Waals surface area contributed by atoms with E-state index in [4.69, 9.17) is 27.9 Å². The monoisotopic (exact) mass is 494 g/mol. The first-order valence-electron chi connectivity index (χ1n) is 9.81. The number of carboxylic acids is 1. The zero-order valence-electron chi connectivity index (χ0n) is 16.7. The second kappa shape index (κ2) is 9.77. The lowest BCUT2D eigenvalue weighted by atomic mass is 10.1. The molecule has 31 heavy (non-hydrogen) atoms. The Labute approximate surface area is 198 Å². The minimum absolute atomic E-state index is 0.254. The predicted octanol–water partition coefficient (Wildman–Crippen LogP) is 6.74. The first-order valence-corrected chi connectivity index (χ1v) is 12.3. The molecule has 1 fully saturated rings. The summed E-state index contributed by atoms with van der Waals surface area (Å²) in [7, 11) is 0. The molecular formula is C22H20Cl2N2O3S2. The second-order valence-electron chi connectivity index (χ2n) is 7.39. The zero-order valence-corrected chi connectivity index (χ0v) is 19.8. The van der Waals surface area contributed by atoms with Crippen LogP contribution in [0, 0.1) is 12.8 Å². The zero-order chi connectivity index (χ0) is 22.0. The van der Waals surface area contributed by atoms with Crippen molar-refractivity contribution in [1.82, 2.24) is 9.36 Å². The number of hydrogen-bond donors (Lipinski definition) is 1. The number of carboxylic acid groups (broad SMARTS) is 1. The first-order chi connectivity index (χ1) is 14.9. The van der Waals surface area contributed by atoms with E-state index in [1.165, 1.54) is 11.5 Å². The Hall–Kier alpha value is -1.80. The van der Waals surface area contributed by atoms with Gasteiger partial charge in [-0.3, -0.25) is 4.79 Å². The quantitative estimate of drug-likeness (QED) is 0.366. The minimum atomic E-state index is -0.773. The molecule has 1 aliphatic carbocycles. The highest BCUT2D eigenvalue weighted by molar-refractivity contribution is 7.98. The van der Waals surface area contributed by atoms with Crippen LogP contribution in [0.3, 0.4) is 0 Å². The van der Waals surface area contributed by atoms with E-state index in [1.54, 1.807) is 23.9 Å². The topological polar surface area (TPSA) is 72.3 Å². The molecule has 4 rings (SSSR count). The standard InChI is InChI=1S/C22H20Cl2N2O3S2/c1-12-9-14(6-8-18(12)29-19-4-2-3-15(19)22(27)28)30-11-20-25-21(26-31-20)13-5-7-16(23)17(24)10-13/h5-10,15,19H,2-4,11H2,1H3,(H,27,28). The molecule has 1 saturated carbocycles. The number of thioether (sulfide) groups is 1. The van der Waals surface area contributed by atoms with Gasteiger partial charge < -0.3 is 9.84 Å². The van der Waals surface area contributed by atoms with Crippen molar-refractivity contribution in [3.8, 4) is 17.1 Å². The fourth-order valence-electron chi connectivity index (χ4n) is 3.57. The van der Waals surface area contributed by atoms with Crippen molar-refractivity contribution in [2.75, 3.05) is 0 Å². The molecule has 2 unspecified atom stereocenters. The van der Waals surface area contributed by atoms with Gasteiger partial charge in [-0.25, -0.2) is 4.98 Å². The average molecular weight is 495 g/mol. The molecule has 0 saturated heterocycles. The van der Waals surface area contributed by atoms with Gasteiger partial charge in [0.05, 0.1) is 21.7 Å². The maximum Gasteiger partial charge on any atom is 0.310 e. The molecule has 0 aliphatic heterocycles. The van der Waals surface area contributed by atoms with E-state index in [9.17, 15) is 9.90 Å². The summed E-state index contributed by atoms with van der Waals surface area (Å²) in [6, 6.07) is 11.4. The summed E-state index contributed by atoms with van der Waals surface area (Å²) >= 11 is 15.1. The van der Waals surface area contributed by atoms with Gasteiger partial charge in [-0.1, -0.05) is 23.2 Å². The number of carbonyl (C=O) groups is 1. The van der Waals surface area contributed by atoms with E-state index in [1.807, 2.05) is 25.1 Å². The average Bonchev–Trinajstić information content (AvgIpc) is 3.40. The van der Waals surface area contributed by atoms with Crippen molar-refractivity contribution in [3.63, 3.8) is 0 Å². The van der Waals surface area contributed by atoms with Crippen LogP contribution in [-0.4, -0.2) is 26.5 Å². The second-order valence-corrected chi connectivity index (χ2v) is 10.1. The normalized spacial score (nSPS) is 18.3. The molecule has 162 valence electrons. The van der Waals surface area contributed by atoms with Gasteiger partial charge in [-0.15, -0.1) is 11.8 Å². The molecule has 1 N–H and O–H groups in total. The van der Waals surface area contributed by atoms with Crippen molar-refractivity contribution in [3.05, 3.63) is 57.0 Å². The third-order valence-corrected chi connectivity index (χ3v) is 7.84. The summed E-state index contributed by atoms with van der Waals surface area (Å²) in [6.45, 7) is 1.98. The molecule has 0 bridgehead atoms.